The van der Waals surface area contributed by atoms with Gasteiger partial charge in [0.15, 0.2) is 0 Å². The molecule has 0 spiro atoms. The summed E-state index contributed by atoms with van der Waals surface area (Å²) in [6.45, 7) is 0. The number of rotatable bonds is 16. The predicted octanol–water partition coefficient (Wildman–Crippen LogP) is -4.21. The summed E-state index contributed by atoms with van der Waals surface area (Å²) >= 11 is 3.84. The fraction of sp³-hybridized carbons (Fsp3) is 0.588. The van der Waals surface area contributed by atoms with Crippen molar-refractivity contribution in [2.45, 2.75) is 56.3 Å². The zero-order valence-electron chi connectivity index (χ0n) is 17.5. The number of nitrogens with two attached hydrogens (primary N) is 3. The van der Waals surface area contributed by atoms with Gasteiger partial charge in [0, 0.05) is 18.6 Å². The molecule has 0 aromatic rings. The number of carbonyl (C=O) groups excluding carboxylic acids is 5. The number of amides is 5. The minimum Gasteiger partial charge on any atom is -0.481 e. The molecule has 11 N–H and O–H groups in total. The highest BCUT2D eigenvalue weighted by atomic mass is 32.1. The maximum Gasteiger partial charge on any atom is 0.326 e. The number of nitrogens with one attached hydrogen (secondary N) is 3. The Morgan fingerprint density at radius 2 is 1.21 bits per heavy atom. The molecule has 0 heterocycles. The predicted molar refractivity (Wildman–Crippen MR) is 114 cm³/mol. The highest BCUT2D eigenvalue weighted by Crippen LogP contribution is 2.04. The van der Waals surface area contributed by atoms with Crippen LogP contribution in [0.3, 0.4) is 0 Å². The number of primary amides is 2. The van der Waals surface area contributed by atoms with Crippen LogP contribution < -0.4 is 33.2 Å². The second kappa shape index (κ2) is 14.6. The second-order valence-electron chi connectivity index (χ2n) is 6.92. The molecule has 0 saturated carbocycles. The molecule has 4 unspecified atom stereocenters. The Balaban J connectivity index is 5.56. The average molecular weight is 493 g/mol. The molecular formula is C17H28N6O9S. The van der Waals surface area contributed by atoms with E-state index < -0.39 is 84.9 Å². The van der Waals surface area contributed by atoms with Gasteiger partial charge in [-0.15, -0.1) is 0 Å². The van der Waals surface area contributed by atoms with Crippen molar-refractivity contribution in [3.63, 3.8) is 0 Å². The van der Waals surface area contributed by atoms with Gasteiger partial charge in [-0.1, -0.05) is 0 Å². The summed E-state index contributed by atoms with van der Waals surface area (Å²) in [7, 11) is 0. The van der Waals surface area contributed by atoms with E-state index in [4.69, 9.17) is 22.3 Å². The van der Waals surface area contributed by atoms with Gasteiger partial charge in [-0.2, -0.15) is 12.6 Å². The lowest BCUT2D eigenvalue weighted by Gasteiger charge is -2.24. The molecule has 0 rings (SSSR count). The molecule has 0 aliphatic heterocycles. The molecule has 0 aliphatic rings. The van der Waals surface area contributed by atoms with Crippen molar-refractivity contribution >= 4 is 54.1 Å². The molecule has 15 nitrogen and oxygen atoms in total. The average Bonchev–Trinajstić information content (AvgIpc) is 2.71. The maximum atomic E-state index is 12.6. The largest absolute Gasteiger partial charge is 0.481 e. The fourth-order valence-corrected chi connectivity index (χ4v) is 2.56. The Hall–Kier alpha value is -3.40. The lowest BCUT2D eigenvalue weighted by Crippen LogP contribution is -2.58. The lowest BCUT2D eigenvalue weighted by molar-refractivity contribution is -0.143. The minimum atomic E-state index is -1.56. The first kappa shape index (κ1) is 29.6. The van der Waals surface area contributed by atoms with Crippen molar-refractivity contribution in [3.05, 3.63) is 0 Å². The van der Waals surface area contributed by atoms with Gasteiger partial charge in [0.1, 0.15) is 18.1 Å². The highest BCUT2D eigenvalue weighted by molar-refractivity contribution is 7.80. The number of hydrogen-bond acceptors (Lipinski definition) is 9. The maximum absolute atomic E-state index is 12.6. The van der Waals surface area contributed by atoms with Gasteiger partial charge in [0.25, 0.3) is 0 Å². The lowest BCUT2D eigenvalue weighted by atomic mass is 10.1. The first-order valence-electron chi connectivity index (χ1n) is 9.57. The van der Waals surface area contributed by atoms with Gasteiger partial charge in [0.05, 0.1) is 12.5 Å². The SMILES string of the molecule is NC(=O)CCC(NC(=O)C(CCC(=O)O)NC(=O)C(CC(N)=O)NC(=O)C(N)CS)C(=O)O. The van der Waals surface area contributed by atoms with Crippen LogP contribution in [0.5, 0.6) is 0 Å². The summed E-state index contributed by atoms with van der Waals surface area (Å²) in [5.74, 6) is -7.65. The number of aliphatic carboxylic acids is 2. The van der Waals surface area contributed by atoms with Crippen LogP contribution >= 0.6 is 12.6 Å². The van der Waals surface area contributed by atoms with Crippen molar-refractivity contribution in [3.8, 4) is 0 Å². The number of thiol groups is 1. The van der Waals surface area contributed by atoms with Gasteiger partial charge in [-0.25, -0.2) is 4.79 Å². The molecule has 0 aliphatic carbocycles. The molecule has 0 aromatic heterocycles. The molecule has 186 valence electrons. The second-order valence-corrected chi connectivity index (χ2v) is 7.28. The summed E-state index contributed by atoms with van der Waals surface area (Å²) in [4.78, 5) is 81.6. The third-order valence-corrected chi connectivity index (χ3v) is 4.54. The Labute approximate surface area is 193 Å². The number of carbonyl (C=O) groups is 7. The van der Waals surface area contributed by atoms with Crippen LogP contribution in [0.2, 0.25) is 0 Å². The van der Waals surface area contributed by atoms with Crippen molar-refractivity contribution in [2.24, 2.45) is 17.2 Å². The number of carboxylic acids is 2. The van der Waals surface area contributed by atoms with Gasteiger partial charge in [-0.05, 0) is 12.8 Å². The molecule has 0 fully saturated rings. The molecule has 5 amide bonds. The molecule has 0 saturated heterocycles. The van der Waals surface area contributed by atoms with Crippen LogP contribution in [0, 0.1) is 0 Å². The normalized spacial score (nSPS) is 14.1. The Kier molecular flexibility index (Phi) is 13.1. The van der Waals surface area contributed by atoms with E-state index in [0.29, 0.717) is 0 Å². The Morgan fingerprint density at radius 1 is 0.727 bits per heavy atom. The van der Waals surface area contributed by atoms with Crippen LogP contribution in [0.4, 0.5) is 0 Å². The van der Waals surface area contributed by atoms with Crippen LogP contribution in [-0.4, -0.2) is 81.6 Å². The van der Waals surface area contributed by atoms with E-state index in [2.05, 4.69) is 28.6 Å². The number of carboxylic acid groups (broad SMARTS) is 2. The van der Waals surface area contributed by atoms with Crippen LogP contribution in [0.1, 0.15) is 32.1 Å². The van der Waals surface area contributed by atoms with Gasteiger partial charge in [-0.3, -0.25) is 28.8 Å². The molecule has 0 radical (unpaired) electrons. The van der Waals surface area contributed by atoms with E-state index in [1.165, 1.54) is 0 Å². The zero-order valence-corrected chi connectivity index (χ0v) is 18.4. The quantitative estimate of drug-likeness (QED) is 0.0936. The highest BCUT2D eigenvalue weighted by Gasteiger charge is 2.31. The third-order valence-electron chi connectivity index (χ3n) is 4.15. The minimum absolute atomic E-state index is 0.0811. The number of hydrogen-bond donors (Lipinski definition) is 9. The Bertz CT molecular complexity index is 778. The van der Waals surface area contributed by atoms with Crippen molar-refractivity contribution in [2.75, 3.05) is 5.75 Å². The first-order chi connectivity index (χ1) is 15.3. The zero-order chi connectivity index (χ0) is 25.7. The van der Waals surface area contributed by atoms with Crippen molar-refractivity contribution < 1.29 is 43.8 Å². The standard InChI is InChI=1S/C17H28N6O9S/c18-7(6-33)14(28)23-10(5-12(20)25)16(30)21-8(2-4-13(26)27)15(29)22-9(17(31)32)1-3-11(19)24/h7-10,33H,1-6,18H2,(H2,19,24)(H2,20,25)(H,21,30)(H,22,29)(H,23,28)(H,26,27)(H,31,32). The summed E-state index contributed by atoms with van der Waals surface area (Å²) in [6.07, 6.45) is -2.42. The molecule has 33 heavy (non-hydrogen) atoms. The van der Waals surface area contributed by atoms with Gasteiger partial charge in [0.2, 0.25) is 29.5 Å². The van der Waals surface area contributed by atoms with E-state index >= 15 is 0 Å². The van der Waals surface area contributed by atoms with E-state index in [-0.39, 0.29) is 18.6 Å². The summed E-state index contributed by atoms with van der Waals surface area (Å²) in [5.41, 5.74) is 15.6. The molecular weight excluding hydrogens is 464 g/mol. The fourth-order valence-electron chi connectivity index (χ4n) is 2.40. The molecule has 0 bridgehead atoms. The van der Waals surface area contributed by atoms with E-state index in [0.717, 1.165) is 0 Å². The van der Waals surface area contributed by atoms with Gasteiger partial charge < -0.3 is 43.4 Å². The van der Waals surface area contributed by atoms with E-state index in [1.807, 2.05) is 0 Å². The van der Waals surface area contributed by atoms with E-state index in [1.54, 1.807) is 0 Å². The molecule has 16 heteroatoms. The van der Waals surface area contributed by atoms with Gasteiger partial charge >= 0.3 is 11.9 Å². The van der Waals surface area contributed by atoms with Crippen LogP contribution in [0.15, 0.2) is 0 Å². The Morgan fingerprint density at radius 3 is 1.67 bits per heavy atom. The monoisotopic (exact) mass is 492 g/mol. The first-order valence-corrected chi connectivity index (χ1v) is 10.2. The summed E-state index contributed by atoms with van der Waals surface area (Å²) in [6, 6.07) is -5.78. The van der Waals surface area contributed by atoms with Crippen molar-refractivity contribution in [1.82, 2.24) is 16.0 Å². The smallest absolute Gasteiger partial charge is 0.326 e. The topological polar surface area (TPSA) is 274 Å². The third kappa shape index (κ3) is 12.3. The summed E-state index contributed by atoms with van der Waals surface area (Å²) < 4.78 is 0. The van der Waals surface area contributed by atoms with Crippen LogP contribution in [0.25, 0.3) is 0 Å². The molecule has 0 aromatic carbocycles. The van der Waals surface area contributed by atoms with Crippen LogP contribution in [-0.2, 0) is 33.6 Å². The molecule has 4 atom stereocenters. The summed E-state index contributed by atoms with van der Waals surface area (Å²) in [5, 5.41) is 24.5. The van der Waals surface area contributed by atoms with Crippen molar-refractivity contribution in [1.29, 1.82) is 0 Å². The van der Waals surface area contributed by atoms with E-state index in [9.17, 15) is 38.7 Å².